The van der Waals surface area contributed by atoms with Crippen molar-refractivity contribution < 1.29 is 19.0 Å². The Bertz CT molecular complexity index is 738. The molecule has 0 N–H and O–H groups in total. The minimum Gasteiger partial charge on any atom is -0.484 e. The van der Waals surface area contributed by atoms with Crippen molar-refractivity contribution in [2.24, 2.45) is 0 Å². The van der Waals surface area contributed by atoms with Crippen LogP contribution >= 0.6 is 0 Å². The molecule has 1 aromatic heterocycles. The summed E-state index contributed by atoms with van der Waals surface area (Å²) in [5, 5.41) is 0. The van der Waals surface area contributed by atoms with Crippen molar-refractivity contribution in [2.45, 2.75) is 19.4 Å². The molecule has 132 valence electrons. The van der Waals surface area contributed by atoms with Crippen molar-refractivity contribution in [1.82, 2.24) is 14.9 Å². The first-order valence-electron chi connectivity index (χ1n) is 8.14. The molecule has 1 fully saturated rings. The highest BCUT2D eigenvalue weighted by Gasteiger charge is 2.29. The lowest BCUT2D eigenvalue weighted by Gasteiger charge is -2.17. The fraction of sp³-hybridized carbons (Fsp3) is 0.389. The SMILES string of the molecule is COc1nccnc1OC1CCN(C(=O)COc2cccc(C)c2)C1. The average molecular weight is 343 g/mol. The molecule has 1 unspecified atom stereocenters. The molecule has 0 saturated carbocycles. The second-order valence-corrected chi connectivity index (χ2v) is 5.84. The van der Waals surface area contributed by atoms with E-state index in [0.717, 1.165) is 12.0 Å². The van der Waals surface area contributed by atoms with Gasteiger partial charge < -0.3 is 19.1 Å². The van der Waals surface area contributed by atoms with Crippen LogP contribution in [0.2, 0.25) is 0 Å². The largest absolute Gasteiger partial charge is 0.484 e. The summed E-state index contributed by atoms with van der Waals surface area (Å²) in [6.45, 7) is 3.13. The molecule has 1 aromatic carbocycles. The molecule has 1 amide bonds. The number of methoxy groups -OCH3 is 1. The van der Waals surface area contributed by atoms with Gasteiger partial charge in [-0.3, -0.25) is 4.79 Å². The van der Waals surface area contributed by atoms with Crippen LogP contribution in [0.4, 0.5) is 0 Å². The molecule has 1 aliphatic rings. The first-order chi connectivity index (χ1) is 12.2. The topological polar surface area (TPSA) is 73.8 Å². The summed E-state index contributed by atoms with van der Waals surface area (Å²) >= 11 is 0. The molecule has 0 radical (unpaired) electrons. The maximum Gasteiger partial charge on any atom is 0.278 e. The van der Waals surface area contributed by atoms with E-state index in [1.807, 2.05) is 31.2 Å². The van der Waals surface area contributed by atoms with Gasteiger partial charge in [-0.05, 0) is 24.6 Å². The zero-order valence-corrected chi connectivity index (χ0v) is 14.3. The van der Waals surface area contributed by atoms with Gasteiger partial charge in [-0.15, -0.1) is 0 Å². The van der Waals surface area contributed by atoms with Gasteiger partial charge in [-0.1, -0.05) is 12.1 Å². The number of nitrogens with zero attached hydrogens (tertiary/aromatic N) is 3. The van der Waals surface area contributed by atoms with E-state index in [1.165, 1.54) is 7.11 Å². The second kappa shape index (κ2) is 7.83. The third-order valence-electron chi connectivity index (χ3n) is 3.95. The van der Waals surface area contributed by atoms with Gasteiger partial charge >= 0.3 is 0 Å². The van der Waals surface area contributed by atoms with E-state index >= 15 is 0 Å². The predicted octanol–water partition coefficient (Wildman–Crippen LogP) is 1.85. The molecule has 0 spiro atoms. The molecule has 1 aliphatic heterocycles. The monoisotopic (exact) mass is 343 g/mol. The van der Waals surface area contributed by atoms with Crippen LogP contribution in [0, 0.1) is 6.92 Å². The summed E-state index contributed by atoms with van der Waals surface area (Å²) in [5.41, 5.74) is 1.09. The van der Waals surface area contributed by atoms with Crippen LogP contribution in [0.15, 0.2) is 36.7 Å². The zero-order chi connectivity index (χ0) is 17.6. The quantitative estimate of drug-likeness (QED) is 0.797. The molecule has 1 saturated heterocycles. The zero-order valence-electron chi connectivity index (χ0n) is 14.3. The summed E-state index contributed by atoms with van der Waals surface area (Å²) in [4.78, 5) is 22.2. The smallest absolute Gasteiger partial charge is 0.278 e. The van der Waals surface area contributed by atoms with E-state index in [4.69, 9.17) is 14.2 Å². The highest BCUT2D eigenvalue weighted by molar-refractivity contribution is 5.78. The van der Waals surface area contributed by atoms with E-state index in [0.29, 0.717) is 30.6 Å². The van der Waals surface area contributed by atoms with Gasteiger partial charge in [0, 0.05) is 25.4 Å². The van der Waals surface area contributed by atoms with Gasteiger partial charge in [0.1, 0.15) is 11.9 Å². The molecule has 2 heterocycles. The molecular weight excluding hydrogens is 322 g/mol. The summed E-state index contributed by atoms with van der Waals surface area (Å²) < 4.78 is 16.5. The normalized spacial score (nSPS) is 16.6. The fourth-order valence-corrected chi connectivity index (χ4v) is 2.68. The Morgan fingerprint density at radius 2 is 2.08 bits per heavy atom. The number of hydrogen-bond donors (Lipinski definition) is 0. The van der Waals surface area contributed by atoms with Gasteiger partial charge in [-0.25, -0.2) is 9.97 Å². The van der Waals surface area contributed by atoms with Crippen LogP contribution < -0.4 is 14.2 Å². The predicted molar refractivity (Wildman–Crippen MR) is 90.9 cm³/mol. The molecule has 3 rings (SSSR count). The maximum absolute atomic E-state index is 12.3. The van der Waals surface area contributed by atoms with E-state index in [9.17, 15) is 4.79 Å². The van der Waals surface area contributed by atoms with Crippen molar-refractivity contribution in [1.29, 1.82) is 0 Å². The Morgan fingerprint density at radius 1 is 1.28 bits per heavy atom. The lowest BCUT2D eigenvalue weighted by molar-refractivity contribution is -0.132. The van der Waals surface area contributed by atoms with Crippen molar-refractivity contribution in [3.63, 3.8) is 0 Å². The molecule has 7 heteroatoms. The Balaban J connectivity index is 1.51. The van der Waals surface area contributed by atoms with Crippen LogP contribution in [0.25, 0.3) is 0 Å². The highest BCUT2D eigenvalue weighted by Crippen LogP contribution is 2.24. The number of carbonyl (C=O) groups is 1. The number of amides is 1. The van der Waals surface area contributed by atoms with Crippen LogP contribution in [0.3, 0.4) is 0 Å². The summed E-state index contributed by atoms with van der Waals surface area (Å²) in [6.07, 6.45) is 3.69. The minimum absolute atomic E-state index is 0.0185. The van der Waals surface area contributed by atoms with E-state index in [1.54, 1.807) is 17.3 Å². The summed E-state index contributed by atoms with van der Waals surface area (Å²) in [6, 6.07) is 7.64. The summed E-state index contributed by atoms with van der Waals surface area (Å²) in [7, 11) is 1.52. The van der Waals surface area contributed by atoms with E-state index in [2.05, 4.69) is 9.97 Å². The Kier molecular flexibility index (Phi) is 5.33. The second-order valence-electron chi connectivity index (χ2n) is 5.84. The van der Waals surface area contributed by atoms with Crippen molar-refractivity contribution >= 4 is 5.91 Å². The average Bonchev–Trinajstić information content (AvgIpc) is 3.09. The molecule has 7 nitrogen and oxygen atoms in total. The van der Waals surface area contributed by atoms with Gasteiger partial charge in [0.2, 0.25) is 0 Å². The Labute approximate surface area is 146 Å². The number of carbonyl (C=O) groups excluding carboxylic acids is 1. The van der Waals surface area contributed by atoms with Crippen molar-refractivity contribution in [2.75, 3.05) is 26.8 Å². The number of rotatable bonds is 6. The number of hydrogen-bond acceptors (Lipinski definition) is 6. The standard InChI is InChI=1S/C18H21N3O4/c1-13-4-3-5-14(10-13)24-12-16(22)21-9-6-15(11-21)25-18-17(23-2)19-7-8-20-18/h3-5,7-8,10,15H,6,9,11-12H2,1-2H3. The van der Waals surface area contributed by atoms with Crippen LogP contribution in [-0.2, 0) is 4.79 Å². The van der Waals surface area contributed by atoms with Gasteiger partial charge in [-0.2, -0.15) is 0 Å². The maximum atomic E-state index is 12.3. The highest BCUT2D eigenvalue weighted by atomic mass is 16.5. The number of ether oxygens (including phenoxy) is 3. The molecule has 1 atom stereocenters. The van der Waals surface area contributed by atoms with Gasteiger partial charge in [0.25, 0.3) is 17.7 Å². The van der Waals surface area contributed by atoms with Crippen LogP contribution in [0.5, 0.6) is 17.5 Å². The fourth-order valence-electron chi connectivity index (χ4n) is 2.68. The van der Waals surface area contributed by atoms with Gasteiger partial charge in [0.15, 0.2) is 6.61 Å². The van der Waals surface area contributed by atoms with Crippen molar-refractivity contribution in [3.05, 3.63) is 42.2 Å². The number of likely N-dealkylation sites (tertiary alicyclic amines) is 1. The van der Waals surface area contributed by atoms with Crippen molar-refractivity contribution in [3.8, 4) is 17.5 Å². The first kappa shape index (κ1) is 17.0. The Morgan fingerprint density at radius 3 is 2.84 bits per heavy atom. The van der Waals surface area contributed by atoms with Gasteiger partial charge in [0.05, 0.1) is 13.7 Å². The molecule has 0 aliphatic carbocycles. The lowest BCUT2D eigenvalue weighted by atomic mass is 10.2. The molecule has 25 heavy (non-hydrogen) atoms. The Hall–Kier alpha value is -2.83. The van der Waals surface area contributed by atoms with Crippen LogP contribution in [0.1, 0.15) is 12.0 Å². The molecule has 0 bridgehead atoms. The number of benzene rings is 1. The molecule has 2 aromatic rings. The van der Waals surface area contributed by atoms with E-state index in [-0.39, 0.29) is 18.6 Å². The number of aryl methyl sites for hydroxylation is 1. The number of aromatic nitrogens is 2. The van der Waals surface area contributed by atoms with E-state index < -0.39 is 0 Å². The van der Waals surface area contributed by atoms with Crippen LogP contribution in [-0.4, -0.2) is 53.7 Å². The third kappa shape index (κ3) is 4.37. The third-order valence-corrected chi connectivity index (χ3v) is 3.95. The molecular formula is C18H21N3O4. The minimum atomic E-state index is -0.131. The lowest BCUT2D eigenvalue weighted by Crippen LogP contribution is -2.34. The first-order valence-corrected chi connectivity index (χ1v) is 8.14. The summed E-state index contributed by atoms with van der Waals surface area (Å²) in [5.74, 6) is 1.33.